The molecule has 0 saturated carbocycles. The standard InChI is InChI=1S/C21H30N4O/c1-2-23-11-13-25(14-12-23)21(26)17-7-9-24(10-8-17)16-19-15-18-5-3-4-6-20(18)22-19/h3-6,15,17,22H,2,7-14,16H2,1H3. The Morgan fingerprint density at radius 3 is 2.46 bits per heavy atom. The Hall–Kier alpha value is -1.85. The number of benzene rings is 1. The molecule has 0 spiro atoms. The highest BCUT2D eigenvalue weighted by atomic mass is 16.2. The number of nitrogens with zero attached hydrogens (tertiary/aromatic N) is 3. The van der Waals surface area contributed by atoms with Crippen LogP contribution in [0.3, 0.4) is 0 Å². The maximum Gasteiger partial charge on any atom is 0.225 e. The molecule has 1 aromatic carbocycles. The second kappa shape index (κ2) is 7.80. The number of carbonyl (C=O) groups excluding carboxylic acids is 1. The number of nitrogens with one attached hydrogen (secondary N) is 1. The van der Waals surface area contributed by atoms with Crippen LogP contribution in [0, 0.1) is 5.92 Å². The van der Waals surface area contributed by atoms with Crippen molar-refractivity contribution < 1.29 is 4.79 Å². The summed E-state index contributed by atoms with van der Waals surface area (Å²) in [6.07, 6.45) is 1.99. The predicted octanol–water partition coefficient (Wildman–Crippen LogP) is 2.54. The van der Waals surface area contributed by atoms with Crippen LogP contribution in [0.1, 0.15) is 25.5 Å². The highest BCUT2D eigenvalue weighted by Gasteiger charge is 2.30. The number of likely N-dealkylation sites (N-methyl/N-ethyl adjacent to an activating group) is 1. The smallest absolute Gasteiger partial charge is 0.225 e. The highest BCUT2D eigenvalue weighted by Crippen LogP contribution is 2.23. The van der Waals surface area contributed by atoms with Crippen molar-refractivity contribution in [2.45, 2.75) is 26.3 Å². The molecule has 0 bridgehead atoms. The maximum atomic E-state index is 12.8. The van der Waals surface area contributed by atoms with E-state index in [0.717, 1.165) is 65.2 Å². The number of hydrogen-bond donors (Lipinski definition) is 1. The van der Waals surface area contributed by atoms with Crippen LogP contribution in [0.25, 0.3) is 10.9 Å². The van der Waals surface area contributed by atoms with Gasteiger partial charge in [-0.05, 0) is 50.0 Å². The molecule has 2 aromatic rings. The second-order valence-corrected chi connectivity index (χ2v) is 7.69. The number of piperidine rings is 1. The largest absolute Gasteiger partial charge is 0.357 e. The van der Waals surface area contributed by atoms with Gasteiger partial charge >= 0.3 is 0 Å². The van der Waals surface area contributed by atoms with E-state index in [2.05, 4.69) is 56.9 Å². The van der Waals surface area contributed by atoms with E-state index in [0.29, 0.717) is 5.91 Å². The molecular formula is C21H30N4O. The number of fused-ring (bicyclic) bond motifs is 1. The van der Waals surface area contributed by atoms with Gasteiger partial charge in [0, 0.05) is 49.9 Å². The van der Waals surface area contributed by atoms with E-state index in [1.807, 2.05) is 0 Å². The zero-order valence-corrected chi connectivity index (χ0v) is 15.8. The Balaban J connectivity index is 1.28. The first-order valence-corrected chi connectivity index (χ1v) is 10.0. The quantitative estimate of drug-likeness (QED) is 0.918. The van der Waals surface area contributed by atoms with Crippen molar-refractivity contribution in [3.05, 3.63) is 36.0 Å². The summed E-state index contributed by atoms with van der Waals surface area (Å²) in [7, 11) is 0. The van der Waals surface area contributed by atoms with Gasteiger partial charge < -0.3 is 14.8 Å². The van der Waals surface area contributed by atoms with Crippen LogP contribution in [0.2, 0.25) is 0 Å². The minimum atomic E-state index is 0.224. The van der Waals surface area contributed by atoms with Gasteiger partial charge in [-0.15, -0.1) is 0 Å². The number of rotatable bonds is 4. The highest BCUT2D eigenvalue weighted by molar-refractivity contribution is 5.80. The van der Waals surface area contributed by atoms with Gasteiger partial charge in [0.1, 0.15) is 0 Å². The predicted molar refractivity (Wildman–Crippen MR) is 105 cm³/mol. The molecule has 26 heavy (non-hydrogen) atoms. The molecule has 1 aromatic heterocycles. The van der Waals surface area contributed by atoms with Gasteiger partial charge in [0.15, 0.2) is 0 Å². The summed E-state index contributed by atoms with van der Waals surface area (Å²) in [6, 6.07) is 10.7. The molecule has 0 unspecified atom stereocenters. The number of amides is 1. The van der Waals surface area contributed by atoms with Gasteiger partial charge in [0.2, 0.25) is 5.91 Å². The number of carbonyl (C=O) groups is 1. The lowest BCUT2D eigenvalue weighted by molar-refractivity contribution is -0.138. The summed E-state index contributed by atoms with van der Waals surface area (Å²) < 4.78 is 0. The summed E-state index contributed by atoms with van der Waals surface area (Å²) in [5, 5.41) is 1.28. The Kier molecular flexibility index (Phi) is 5.27. The molecule has 2 aliphatic rings. The average Bonchev–Trinajstić information content (AvgIpc) is 3.10. The van der Waals surface area contributed by atoms with Crippen molar-refractivity contribution >= 4 is 16.8 Å². The average molecular weight is 354 g/mol. The van der Waals surface area contributed by atoms with E-state index in [-0.39, 0.29) is 5.92 Å². The minimum absolute atomic E-state index is 0.224. The zero-order chi connectivity index (χ0) is 17.9. The first-order valence-electron chi connectivity index (χ1n) is 10.0. The third-order valence-corrected chi connectivity index (χ3v) is 6.05. The molecule has 2 saturated heterocycles. The van der Waals surface area contributed by atoms with E-state index in [9.17, 15) is 4.79 Å². The fourth-order valence-electron chi connectivity index (χ4n) is 4.34. The fraction of sp³-hybridized carbons (Fsp3) is 0.571. The van der Waals surface area contributed by atoms with Crippen LogP contribution in [0.15, 0.2) is 30.3 Å². The monoisotopic (exact) mass is 354 g/mol. The van der Waals surface area contributed by atoms with Crippen molar-refractivity contribution in [1.29, 1.82) is 0 Å². The molecule has 2 aliphatic heterocycles. The molecule has 5 nitrogen and oxygen atoms in total. The lowest BCUT2D eigenvalue weighted by atomic mass is 9.95. The minimum Gasteiger partial charge on any atom is -0.357 e. The Morgan fingerprint density at radius 1 is 1.04 bits per heavy atom. The number of hydrogen-bond acceptors (Lipinski definition) is 3. The van der Waals surface area contributed by atoms with Gasteiger partial charge in [0.05, 0.1) is 0 Å². The summed E-state index contributed by atoms with van der Waals surface area (Å²) in [5.74, 6) is 0.619. The summed E-state index contributed by atoms with van der Waals surface area (Å²) in [4.78, 5) is 23.3. The third kappa shape index (κ3) is 3.79. The van der Waals surface area contributed by atoms with Crippen LogP contribution in [-0.4, -0.2) is 71.4 Å². The van der Waals surface area contributed by atoms with Crippen molar-refractivity contribution in [2.75, 3.05) is 45.8 Å². The number of aromatic amines is 1. The van der Waals surface area contributed by atoms with E-state index in [1.54, 1.807) is 0 Å². The molecule has 0 radical (unpaired) electrons. The van der Waals surface area contributed by atoms with Gasteiger partial charge in [-0.25, -0.2) is 0 Å². The van der Waals surface area contributed by atoms with E-state index in [4.69, 9.17) is 0 Å². The van der Waals surface area contributed by atoms with Gasteiger partial charge in [-0.3, -0.25) is 9.69 Å². The maximum absolute atomic E-state index is 12.8. The van der Waals surface area contributed by atoms with E-state index < -0.39 is 0 Å². The van der Waals surface area contributed by atoms with Crippen molar-refractivity contribution in [1.82, 2.24) is 19.7 Å². The molecule has 5 heteroatoms. The number of para-hydroxylation sites is 1. The topological polar surface area (TPSA) is 42.6 Å². The van der Waals surface area contributed by atoms with Crippen LogP contribution in [0.5, 0.6) is 0 Å². The molecule has 3 heterocycles. The summed E-state index contributed by atoms with van der Waals surface area (Å²) in [6.45, 7) is 10.1. The molecule has 0 atom stereocenters. The summed E-state index contributed by atoms with van der Waals surface area (Å²) >= 11 is 0. The van der Waals surface area contributed by atoms with Gasteiger partial charge in [-0.1, -0.05) is 25.1 Å². The van der Waals surface area contributed by atoms with Crippen molar-refractivity contribution in [2.24, 2.45) is 5.92 Å². The third-order valence-electron chi connectivity index (χ3n) is 6.05. The Labute approximate surface area is 155 Å². The number of piperazine rings is 1. The van der Waals surface area contributed by atoms with Gasteiger partial charge in [-0.2, -0.15) is 0 Å². The van der Waals surface area contributed by atoms with Crippen molar-refractivity contribution in [3.63, 3.8) is 0 Å². The first kappa shape index (κ1) is 17.6. The zero-order valence-electron chi connectivity index (χ0n) is 15.8. The van der Waals surface area contributed by atoms with E-state index in [1.165, 1.54) is 16.6 Å². The number of H-pyrrole nitrogens is 1. The molecular weight excluding hydrogens is 324 g/mol. The van der Waals surface area contributed by atoms with Crippen LogP contribution < -0.4 is 0 Å². The molecule has 4 rings (SSSR count). The number of likely N-dealkylation sites (tertiary alicyclic amines) is 1. The summed E-state index contributed by atoms with van der Waals surface area (Å²) in [5.41, 5.74) is 2.48. The fourth-order valence-corrected chi connectivity index (χ4v) is 4.34. The van der Waals surface area contributed by atoms with Gasteiger partial charge in [0.25, 0.3) is 0 Å². The van der Waals surface area contributed by atoms with Crippen molar-refractivity contribution in [3.8, 4) is 0 Å². The molecule has 2 fully saturated rings. The Morgan fingerprint density at radius 2 is 1.77 bits per heavy atom. The first-order chi connectivity index (χ1) is 12.7. The lowest BCUT2D eigenvalue weighted by Gasteiger charge is -2.38. The number of aromatic nitrogens is 1. The van der Waals surface area contributed by atoms with E-state index >= 15 is 0 Å². The molecule has 1 N–H and O–H groups in total. The normalized spacial score (nSPS) is 20.7. The van der Waals surface area contributed by atoms with Crippen LogP contribution in [0.4, 0.5) is 0 Å². The lowest BCUT2D eigenvalue weighted by Crippen LogP contribution is -2.51. The SMILES string of the molecule is CCN1CCN(C(=O)C2CCN(Cc3cc4ccccc4[nH]3)CC2)CC1. The molecule has 0 aliphatic carbocycles. The Bertz CT molecular complexity index is 706. The van der Waals surface area contributed by atoms with Crippen LogP contribution in [-0.2, 0) is 11.3 Å². The molecule has 140 valence electrons. The molecule has 1 amide bonds. The second-order valence-electron chi connectivity index (χ2n) is 7.69. The van der Waals surface area contributed by atoms with Crippen LogP contribution >= 0.6 is 0 Å².